The topological polar surface area (TPSA) is 67.1 Å². The molecule has 2 N–H and O–H groups in total. The lowest BCUT2D eigenvalue weighted by molar-refractivity contribution is 0.305. The third kappa shape index (κ3) is 5.57. The molecular formula is C24H27N3O2. The zero-order chi connectivity index (χ0) is 20.9. The summed E-state index contributed by atoms with van der Waals surface area (Å²) in [5.74, 6) is 0.533. The Bertz CT molecular complexity index is 1030. The molecule has 1 heterocycles. The number of rotatable bonds is 7. The highest BCUT2D eigenvalue weighted by Gasteiger charge is 2.11. The van der Waals surface area contributed by atoms with Crippen LogP contribution in [-0.2, 0) is 6.61 Å². The molecule has 0 amide bonds. The number of pyridine rings is 1. The van der Waals surface area contributed by atoms with Gasteiger partial charge < -0.3 is 15.5 Å². The Morgan fingerprint density at radius 3 is 2.48 bits per heavy atom. The van der Waals surface area contributed by atoms with E-state index in [0.29, 0.717) is 18.0 Å². The van der Waals surface area contributed by atoms with E-state index in [-0.39, 0.29) is 11.0 Å². The van der Waals surface area contributed by atoms with E-state index in [1.54, 1.807) is 16.8 Å². The Balaban J connectivity index is 1.77. The van der Waals surface area contributed by atoms with E-state index in [2.05, 4.69) is 26.1 Å². The molecular weight excluding hydrogens is 362 g/mol. The summed E-state index contributed by atoms with van der Waals surface area (Å²) in [5.41, 5.74) is 3.33. The fourth-order valence-corrected chi connectivity index (χ4v) is 2.85. The number of benzene rings is 2. The lowest BCUT2D eigenvalue weighted by Gasteiger charge is -2.21. The van der Waals surface area contributed by atoms with Crippen molar-refractivity contribution in [3.05, 3.63) is 88.3 Å². The maximum absolute atomic E-state index is 12.6. The first-order valence-corrected chi connectivity index (χ1v) is 9.64. The van der Waals surface area contributed by atoms with Crippen LogP contribution in [0.1, 0.15) is 31.9 Å². The molecule has 0 atom stereocenters. The monoisotopic (exact) mass is 389 g/mol. The molecule has 5 heteroatoms. The molecule has 0 aliphatic rings. The average Bonchev–Trinajstić information content (AvgIpc) is 2.71. The van der Waals surface area contributed by atoms with Gasteiger partial charge in [-0.1, -0.05) is 51.1 Å². The molecule has 0 radical (unpaired) electrons. The Kier molecular flexibility index (Phi) is 6.17. The van der Waals surface area contributed by atoms with Crippen LogP contribution in [0.3, 0.4) is 0 Å². The smallest absolute Gasteiger partial charge is 0.258 e. The van der Waals surface area contributed by atoms with Crippen molar-refractivity contribution >= 4 is 11.9 Å². The molecule has 150 valence electrons. The van der Waals surface area contributed by atoms with Crippen molar-refractivity contribution in [1.82, 2.24) is 4.57 Å². The fraction of sp³-hybridized carbons (Fsp3) is 0.250. The van der Waals surface area contributed by atoms with Crippen molar-refractivity contribution < 1.29 is 4.74 Å². The Morgan fingerprint density at radius 2 is 1.83 bits per heavy atom. The molecule has 0 saturated heterocycles. The minimum absolute atomic E-state index is 0.129. The van der Waals surface area contributed by atoms with Crippen molar-refractivity contribution in [1.29, 1.82) is 5.41 Å². The van der Waals surface area contributed by atoms with Gasteiger partial charge in [-0.15, -0.1) is 0 Å². The van der Waals surface area contributed by atoms with Gasteiger partial charge in [0.2, 0.25) is 0 Å². The molecule has 0 aliphatic carbocycles. The van der Waals surface area contributed by atoms with E-state index in [4.69, 9.17) is 10.1 Å². The standard InChI is InChI=1S/C24H27N3O2/c1-24(2,3)17-26-22-10-9-20(13-19(22)15-25)27-12-11-21(14-23(27)28)29-16-18-7-5-4-6-8-18/h4-15,25-26H,16-17H2,1-3H3. The van der Waals surface area contributed by atoms with E-state index >= 15 is 0 Å². The maximum atomic E-state index is 12.6. The lowest BCUT2D eigenvalue weighted by atomic mass is 9.96. The van der Waals surface area contributed by atoms with Gasteiger partial charge in [-0.2, -0.15) is 0 Å². The molecule has 1 aromatic heterocycles. The van der Waals surface area contributed by atoms with Gasteiger partial charge in [0.15, 0.2) is 0 Å². The molecule has 0 saturated carbocycles. The van der Waals surface area contributed by atoms with E-state index in [1.807, 2.05) is 48.5 Å². The zero-order valence-corrected chi connectivity index (χ0v) is 17.1. The van der Waals surface area contributed by atoms with Gasteiger partial charge in [-0.05, 0) is 35.2 Å². The second-order valence-corrected chi connectivity index (χ2v) is 8.18. The second-order valence-electron chi connectivity index (χ2n) is 8.18. The number of anilines is 1. The summed E-state index contributed by atoms with van der Waals surface area (Å²) in [7, 11) is 0. The van der Waals surface area contributed by atoms with Crippen LogP contribution in [0.5, 0.6) is 5.75 Å². The van der Waals surface area contributed by atoms with Crippen LogP contribution in [0.2, 0.25) is 0 Å². The van der Waals surface area contributed by atoms with E-state index in [1.165, 1.54) is 12.3 Å². The van der Waals surface area contributed by atoms with Gasteiger partial charge in [-0.3, -0.25) is 9.36 Å². The first kappa shape index (κ1) is 20.4. The van der Waals surface area contributed by atoms with Crippen molar-refractivity contribution in [2.45, 2.75) is 27.4 Å². The molecule has 3 rings (SSSR count). The number of aromatic nitrogens is 1. The molecule has 0 aliphatic heterocycles. The van der Waals surface area contributed by atoms with Gasteiger partial charge in [-0.25, -0.2) is 0 Å². The van der Waals surface area contributed by atoms with Crippen molar-refractivity contribution in [2.75, 3.05) is 11.9 Å². The summed E-state index contributed by atoms with van der Waals surface area (Å²) in [6.07, 6.45) is 3.00. The summed E-state index contributed by atoms with van der Waals surface area (Å²) < 4.78 is 7.28. The molecule has 29 heavy (non-hydrogen) atoms. The quantitative estimate of drug-likeness (QED) is 0.567. The predicted octanol–water partition coefficient (Wildman–Crippen LogP) is 4.87. The van der Waals surface area contributed by atoms with Gasteiger partial charge in [0.05, 0.1) is 0 Å². The van der Waals surface area contributed by atoms with Gasteiger partial charge in [0.1, 0.15) is 12.4 Å². The van der Waals surface area contributed by atoms with Gasteiger partial charge >= 0.3 is 0 Å². The Morgan fingerprint density at radius 1 is 1.07 bits per heavy atom. The van der Waals surface area contributed by atoms with Crippen LogP contribution in [0.4, 0.5) is 5.69 Å². The van der Waals surface area contributed by atoms with Crippen LogP contribution in [-0.4, -0.2) is 17.3 Å². The predicted molar refractivity (Wildman–Crippen MR) is 119 cm³/mol. The first-order chi connectivity index (χ1) is 13.9. The van der Waals surface area contributed by atoms with Crippen molar-refractivity contribution in [3.8, 4) is 11.4 Å². The Labute approximate surface area is 171 Å². The summed E-state index contributed by atoms with van der Waals surface area (Å²) in [6.45, 7) is 7.66. The highest BCUT2D eigenvalue weighted by molar-refractivity contribution is 5.86. The maximum Gasteiger partial charge on any atom is 0.258 e. The largest absolute Gasteiger partial charge is 0.489 e. The number of hydrogen-bond donors (Lipinski definition) is 2. The highest BCUT2D eigenvalue weighted by atomic mass is 16.5. The normalized spacial score (nSPS) is 11.1. The minimum atomic E-state index is -0.179. The molecule has 0 unspecified atom stereocenters. The fourth-order valence-electron chi connectivity index (χ4n) is 2.85. The second kappa shape index (κ2) is 8.78. The lowest BCUT2D eigenvalue weighted by Crippen LogP contribution is -2.20. The summed E-state index contributed by atoms with van der Waals surface area (Å²) in [5, 5.41) is 11.1. The van der Waals surface area contributed by atoms with Crippen molar-refractivity contribution in [3.63, 3.8) is 0 Å². The molecule has 5 nitrogen and oxygen atoms in total. The van der Waals surface area contributed by atoms with Gasteiger partial charge in [0.25, 0.3) is 5.56 Å². The third-order valence-corrected chi connectivity index (χ3v) is 4.42. The van der Waals surface area contributed by atoms with E-state index in [9.17, 15) is 4.79 Å². The number of ether oxygens (including phenoxy) is 1. The molecule has 0 fully saturated rings. The van der Waals surface area contributed by atoms with Crippen LogP contribution < -0.4 is 15.6 Å². The highest BCUT2D eigenvalue weighted by Crippen LogP contribution is 2.21. The molecule has 0 bridgehead atoms. The van der Waals surface area contributed by atoms with E-state index < -0.39 is 0 Å². The zero-order valence-electron chi connectivity index (χ0n) is 17.1. The summed E-state index contributed by atoms with van der Waals surface area (Å²) >= 11 is 0. The summed E-state index contributed by atoms with van der Waals surface area (Å²) in [4.78, 5) is 12.6. The average molecular weight is 389 g/mol. The minimum Gasteiger partial charge on any atom is -0.489 e. The van der Waals surface area contributed by atoms with Crippen LogP contribution >= 0.6 is 0 Å². The molecule has 2 aromatic carbocycles. The summed E-state index contributed by atoms with van der Waals surface area (Å²) in [6, 6.07) is 18.7. The number of nitrogens with one attached hydrogen (secondary N) is 2. The number of nitrogens with zero attached hydrogens (tertiary/aromatic N) is 1. The first-order valence-electron chi connectivity index (χ1n) is 9.64. The van der Waals surface area contributed by atoms with Crippen LogP contribution in [0.25, 0.3) is 5.69 Å². The van der Waals surface area contributed by atoms with Gasteiger partial charge in [0, 0.05) is 42.0 Å². The van der Waals surface area contributed by atoms with Crippen LogP contribution in [0.15, 0.2) is 71.7 Å². The van der Waals surface area contributed by atoms with Crippen molar-refractivity contribution in [2.24, 2.45) is 5.41 Å². The number of hydrogen-bond acceptors (Lipinski definition) is 4. The SMILES string of the molecule is CC(C)(C)CNc1ccc(-n2ccc(OCc3ccccc3)cc2=O)cc1C=N. The molecule has 0 spiro atoms. The van der Waals surface area contributed by atoms with Crippen LogP contribution in [0, 0.1) is 10.8 Å². The van der Waals surface area contributed by atoms with E-state index in [0.717, 1.165) is 23.4 Å². The third-order valence-electron chi connectivity index (χ3n) is 4.42. The molecule has 3 aromatic rings. The Hall–Kier alpha value is -3.34.